The van der Waals surface area contributed by atoms with E-state index in [1.54, 1.807) is 0 Å². The molecule has 24 heavy (non-hydrogen) atoms. The van der Waals surface area contributed by atoms with Crippen LogP contribution in [0.4, 0.5) is 8.78 Å². The molecule has 0 saturated carbocycles. The number of carbonyl (C=O) groups is 2. The van der Waals surface area contributed by atoms with Gasteiger partial charge in [0.1, 0.15) is 0 Å². The molecule has 1 aromatic carbocycles. The van der Waals surface area contributed by atoms with Gasteiger partial charge in [-0.3, -0.25) is 9.59 Å². The first kappa shape index (κ1) is 18.7. The smallest absolute Gasteiger partial charge is 0.230 e. The summed E-state index contributed by atoms with van der Waals surface area (Å²) in [7, 11) is 0. The van der Waals surface area contributed by atoms with E-state index in [0.717, 1.165) is 49.7 Å². The Morgan fingerprint density at radius 3 is 2.83 bits per heavy atom. The summed E-state index contributed by atoms with van der Waals surface area (Å²) in [4.78, 5) is 26.0. The Balaban J connectivity index is 1.62. The van der Waals surface area contributed by atoms with Crippen LogP contribution >= 0.6 is 11.8 Å². The molecule has 1 aliphatic heterocycles. The van der Waals surface area contributed by atoms with Gasteiger partial charge >= 0.3 is 0 Å². The predicted octanol–water partition coefficient (Wildman–Crippen LogP) is 2.97. The minimum atomic E-state index is -0.914. The number of hydrogen-bond acceptors (Lipinski definition) is 3. The fourth-order valence-electron chi connectivity index (χ4n) is 2.54. The maximum absolute atomic E-state index is 13.1. The molecule has 4 nitrogen and oxygen atoms in total. The zero-order chi connectivity index (χ0) is 17.4. The molecule has 1 fully saturated rings. The van der Waals surface area contributed by atoms with Crippen LogP contribution in [-0.4, -0.2) is 42.1 Å². The molecular weight excluding hydrogens is 334 g/mol. The third-order valence-corrected chi connectivity index (χ3v) is 4.85. The van der Waals surface area contributed by atoms with Crippen LogP contribution in [0.25, 0.3) is 0 Å². The Bertz CT molecular complexity index is 584. The van der Waals surface area contributed by atoms with E-state index < -0.39 is 11.6 Å². The molecule has 0 radical (unpaired) electrons. The molecule has 2 amide bonds. The van der Waals surface area contributed by atoms with Gasteiger partial charge in [-0.1, -0.05) is 6.42 Å². The fraction of sp³-hybridized carbons (Fsp3) is 0.529. The van der Waals surface area contributed by atoms with Gasteiger partial charge in [-0.05, 0) is 37.5 Å². The average molecular weight is 356 g/mol. The Kier molecular flexibility index (Phi) is 7.49. The maximum atomic E-state index is 13.1. The van der Waals surface area contributed by atoms with Crippen LogP contribution < -0.4 is 5.32 Å². The van der Waals surface area contributed by atoms with Crippen LogP contribution in [0.1, 0.15) is 32.1 Å². The third kappa shape index (κ3) is 6.11. The second kappa shape index (κ2) is 9.61. The minimum absolute atomic E-state index is 0.147. The first-order chi connectivity index (χ1) is 11.6. The summed E-state index contributed by atoms with van der Waals surface area (Å²) in [5, 5.41) is 2.78. The van der Waals surface area contributed by atoms with Crippen LogP contribution in [0.2, 0.25) is 0 Å². The highest BCUT2D eigenvalue weighted by molar-refractivity contribution is 8.00. The van der Waals surface area contributed by atoms with Crippen molar-refractivity contribution in [3.63, 3.8) is 0 Å². The van der Waals surface area contributed by atoms with Gasteiger partial charge in [-0.15, -0.1) is 11.8 Å². The maximum Gasteiger partial charge on any atom is 0.230 e. The molecule has 0 unspecified atom stereocenters. The van der Waals surface area contributed by atoms with E-state index in [-0.39, 0.29) is 17.6 Å². The summed E-state index contributed by atoms with van der Waals surface area (Å²) < 4.78 is 25.9. The Morgan fingerprint density at radius 1 is 1.21 bits per heavy atom. The normalized spacial score (nSPS) is 15.2. The van der Waals surface area contributed by atoms with Crippen molar-refractivity contribution in [2.24, 2.45) is 0 Å². The molecule has 1 N–H and O–H groups in total. The molecular formula is C17H22F2N2O2S. The quantitative estimate of drug-likeness (QED) is 0.604. The van der Waals surface area contributed by atoms with Crippen molar-refractivity contribution < 1.29 is 18.4 Å². The molecule has 0 atom stereocenters. The van der Waals surface area contributed by atoms with Gasteiger partial charge in [-0.2, -0.15) is 0 Å². The van der Waals surface area contributed by atoms with Gasteiger partial charge in [0.15, 0.2) is 11.6 Å². The second-order valence-electron chi connectivity index (χ2n) is 5.76. The number of carbonyl (C=O) groups excluding carboxylic acids is 2. The first-order valence-electron chi connectivity index (χ1n) is 8.18. The number of nitrogens with one attached hydrogen (secondary N) is 1. The van der Waals surface area contributed by atoms with Crippen molar-refractivity contribution >= 4 is 23.6 Å². The zero-order valence-electron chi connectivity index (χ0n) is 13.5. The van der Waals surface area contributed by atoms with Crippen molar-refractivity contribution in [3.05, 3.63) is 29.8 Å². The van der Waals surface area contributed by atoms with Crippen molar-refractivity contribution in [1.82, 2.24) is 10.2 Å². The van der Waals surface area contributed by atoms with E-state index in [1.807, 2.05) is 4.90 Å². The third-order valence-electron chi connectivity index (χ3n) is 3.86. The number of nitrogens with zero attached hydrogens (tertiary/aromatic N) is 1. The summed E-state index contributed by atoms with van der Waals surface area (Å²) >= 11 is 1.16. The number of hydrogen-bond donors (Lipinski definition) is 1. The molecule has 2 rings (SSSR count). The van der Waals surface area contributed by atoms with Crippen LogP contribution in [-0.2, 0) is 9.59 Å². The van der Waals surface area contributed by atoms with E-state index in [4.69, 9.17) is 0 Å². The predicted molar refractivity (Wildman–Crippen MR) is 89.8 cm³/mol. The van der Waals surface area contributed by atoms with Gasteiger partial charge in [-0.25, -0.2) is 8.78 Å². The number of halogens is 2. The largest absolute Gasteiger partial charge is 0.355 e. The molecule has 1 aromatic rings. The van der Waals surface area contributed by atoms with Crippen LogP contribution in [0.15, 0.2) is 23.1 Å². The van der Waals surface area contributed by atoms with Gasteiger partial charge in [0.05, 0.1) is 5.75 Å². The lowest BCUT2D eigenvalue weighted by Crippen LogP contribution is -2.34. The average Bonchev–Trinajstić information content (AvgIpc) is 2.77. The van der Waals surface area contributed by atoms with Gasteiger partial charge in [0, 0.05) is 31.0 Å². The first-order valence-corrected chi connectivity index (χ1v) is 9.17. The highest BCUT2D eigenvalue weighted by atomic mass is 32.2. The molecule has 1 heterocycles. The molecule has 1 aliphatic rings. The monoisotopic (exact) mass is 356 g/mol. The zero-order valence-corrected chi connectivity index (χ0v) is 14.3. The van der Waals surface area contributed by atoms with E-state index in [2.05, 4.69) is 5.32 Å². The molecule has 132 valence electrons. The number of thioether (sulfide) groups is 1. The highest BCUT2D eigenvalue weighted by Crippen LogP contribution is 2.20. The van der Waals surface area contributed by atoms with Crippen molar-refractivity contribution in [3.8, 4) is 0 Å². The summed E-state index contributed by atoms with van der Waals surface area (Å²) in [6, 6.07) is 3.58. The van der Waals surface area contributed by atoms with E-state index in [0.29, 0.717) is 30.8 Å². The Morgan fingerprint density at radius 2 is 2.04 bits per heavy atom. The lowest BCUT2D eigenvalue weighted by atomic mass is 10.2. The summed E-state index contributed by atoms with van der Waals surface area (Å²) in [6.45, 7) is 1.97. The number of amides is 2. The van der Waals surface area contributed by atoms with Crippen LogP contribution in [0.5, 0.6) is 0 Å². The molecule has 0 spiro atoms. The number of rotatable bonds is 7. The number of benzene rings is 1. The van der Waals surface area contributed by atoms with E-state index in [1.165, 1.54) is 6.07 Å². The lowest BCUT2D eigenvalue weighted by Gasteiger charge is -2.20. The highest BCUT2D eigenvalue weighted by Gasteiger charge is 2.15. The molecule has 0 bridgehead atoms. The van der Waals surface area contributed by atoms with Gasteiger partial charge in [0.25, 0.3) is 0 Å². The van der Waals surface area contributed by atoms with E-state index >= 15 is 0 Å². The molecule has 0 aliphatic carbocycles. The fourth-order valence-corrected chi connectivity index (χ4v) is 3.29. The van der Waals surface area contributed by atoms with E-state index in [9.17, 15) is 18.4 Å². The Hall–Kier alpha value is -1.63. The van der Waals surface area contributed by atoms with Crippen molar-refractivity contribution in [1.29, 1.82) is 0 Å². The lowest BCUT2D eigenvalue weighted by molar-refractivity contribution is -0.130. The topological polar surface area (TPSA) is 49.4 Å². The number of likely N-dealkylation sites (tertiary alicyclic amines) is 1. The van der Waals surface area contributed by atoms with Gasteiger partial charge in [0.2, 0.25) is 11.8 Å². The SMILES string of the molecule is O=C(CSc1ccc(F)c(F)c1)NCCCN1CCCCCC1=O. The molecule has 0 aromatic heterocycles. The minimum Gasteiger partial charge on any atom is -0.355 e. The standard InChI is InChI=1S/C17H22F2N2O2S/c18-14-7-6-13(11-15(14)19)24-12-16(22)20-8-4-10-21-9-3-1-2-5-17(21)23/h6-7,11H,1-5,8-10,12H2,(H,20,22). The van der Waals surface area contributed by atoms with Crippen LogP contribution in [0, 0.1) is 11.6 Å². The van der Waals surface area contributed by atoms with Crippen molar-refractivity contribution in [2.45, 2.75) is 37.0 Å². The molecule has 1 saturated heterocycles. The summed E-state index contributed by atoms with van der Waals surface area (Å²) in [5.41, 5.74) is 0. The summed E-state index contributed by atoms with van der Waals surface area (Å²) in [6.07, 6.45) is 4.45. The second-order valence-corrected chi connectivity index (χ2v) is 6.81. The van der Waals surface area contributed by atoms with Crippen LogP contribution in [0.3, 0.4) is 0 Å². The Labute approximate surface area is 145 Å². The summed E-state index contributed by atoms with van der Waals surface area (Å²) in [5.74, 6) is -1.62. The molecule has 7 heteroatoms. The van der Waals surface area contributed by atoms with Crippen molar-refractivity contribution in [2.75, 3.05) is 25.4 Å². The van der Waals surface area contributed by atoms with Gasteiger partial charge < -0.3 is 10.2 Å².